The van der Waals surface area contributed by atoms with Crippen molar-refractivity contribution in [3.63, 3.8) is 0 Å². The van der Waals surface area contributed by atoms with Crippen molar-refractivity contribution in [1.82, 2.24) is 15.8 Å². The number of hydrogen-bond acceptors (Lipinski definition) is 5. The maximum absolute atomic E-state index is 11.8. The van der Waals surface area contributed by atoms with Gasteiger partial charge in [0, 0.05) is 12.3 Å². The van der Waals surface area contributed by atoms with Crippen LogP contribution in [0.25, 0.3) is 6.08 Å². The Balaban J connectivity index is 1.93. The number of rotatable bonds is 7. The first kappa shape index (κ1) is 18.7. The quantitative estimate of drug-likeness (QED) is 0.452. The van der Waals surface area contributed by atoms with Gasteiger partial charge in [-0.25, -0.2) is 0 Å². The van der Waals surface area contributed by atoms with Crippen molar-refractivity contribution < 1.29 is 19.1 Å². The fraction of sp³-hybridized carbons (Fsp3) is 0.105. The van der Waals surface area contributed by atoms with Crippen LogP contribution in [0, 0.1) is 0 Å². The van der Waals surface area contributed by atoms with Gasteiger partial charge in [-0.15, -0.1) is 0 Å². The molecule has 0 aliphatic rings. The van der Waals surface area contributed by atoms with E-state index in [4.69, 9.17) is 9.47 Å². The standard InChI is InChI=1S/C19H19N3O4/c1-3-12-26-16-9-7-14(13-17(16)25-2)8-10-18(23)21-22-19(24)15-6-4-5-11-20-15/h3-11,13H,1,12H2,2H3,(H,21,23)(H,22,24)/b10-8+. The van der Waals surface area contributed by atoms with Crippen molar-refractivity contribution in [2.75, 3.05) is 13.7 Å². The fourth-order valence-electron chi connectivity index (χ4n) is 1.95. The lowest BCUT2D eigenvalue weighted by Crippen LogP contribution is -2.41. The van der Waals surface area contributed by atoms with Crippen LogP contribution in [0.4, 0.5) is 0 Å². The summed E-state index contributed by atoms with van der Waals surface area (Å²) in [7, 11) is 1.53. The predicted molar refractivity (Wildman–Crippen MR) is 97.6 cm³/mol. The topological polar surface area (TPSA) is 89.6 Å². The summed E-state index contributed by atoms with van der Waals surface area (Å²) in [5.41, 5.74) is 5.51. The van der Waals surface area contributed by atoms with Crippen molar-refractivity contribution in [3.05, 3.63) is 72.6 Å². The predicted octanol–water partition coefficient (Wildman–Crippen LogP) is 2.13. The van der Waals surface area contributed by atoms with E-state index >= 15 is 0 Å². The molecular weight excluding hydrogens is 334 g/mol. The van der Waals surface area contributed by atoms with Crippen molar-refractivity contribution in [3.8, 4) is 11.5 Å². The number of benzene rings is 1. The number of aromatic nitrogens is 1. The minimum atomic E-state index is -0.502. The number of amides is 2. The molecule has 2 N–H and O–H groups in total. The van der Waals surface area contributed by atoms with Gasteiger partial charge in [0.1, 0.15) is 12.3 Å². The Morgan fingerprint density at radius 3 is 2.73 bits per heavy atom. The van der Waals surface area contributed by atoms with Crippen LogP contribution in [0.1, 0.15) is 16.1 Å². The molecule has 0 atom stereocenters. The molecule has 26 heavy (non-hydrogen) atoms. The van der Waals surface area contributed by atoms with Gasteiger partial charge >= 0.3 is 0 Å². The number of methoxy groups -OCH3 is 1. The van der Waals surface area contributed by atoms with Gasteiger partial charge in [0.2, 0.25) is 0 Å². The molecule has 0 saturated carbocycles. The van der Waals surface area contributed by atoms with Crippen LogP contribution >= 0.6 is 0 Å². The maximum atomic E-state index is 11.8. The van der Waals surface area contributed by atoms with Crippen LogP contribution < -0.4 is 20.3 Å². The van der Waals surface area contributed by atoms with Gasteiger partial charge in [0.05, 0.1) is 7.11 Å². The zero-order valence-corrected chi connectivity index (χ0v) is 14.3. The summed E-state index contributed by atoms with van der Waals surface area (Å²) < 4.78 is 10.7. The number of carbonyl (C=O) groups is 2. The van der Waals surface area contributed by atoms with E-state index in [0.29, 0.717) is 18.1 Å². The Labute approximate surface area is 151 Å². The number of ether oxygens (including phenoxy) is 2. The average Bonchev–Trinajstić information content (AvgIpc) is 2.69. The third-order valence-electron chi connectivity index (χ3n) is 3.17. The molecule has 0 aliphatic carbocycles. The molecule has 0 bridgehead atoms. The average molecular weight is 353 g/mol. The Morgan fingerprint density at radius 1 is 1.19 bits per heavy atom. The molecule has 7 heteroatoms. The smallest absolute Gasteiger partial charge is 0.288 e. The number of hydrazine groups is 1. The molecular formula is C19H19N3O4. The number of nitrogens with one attached hydrogen (secondary N) is 2. The largest absolute Gasteiger partial charge is 0.493 e. The monoisotopic (exact) mass is 353 g/mol. The molecule has 0 fully saturated rings. The summed E-state index contributed by atoms with van der Waals surface area (Å²) in [4.78, 5) is 27.5. The summed E-state index contributed by atoms with van der Waals surface area (Å²) in [6.45, 7) is 3.96. The van der Waals surface area contributed by atoms with Crippen LogP contribution in [0.2, 0.25) is 0 Å². The Bertz CT molecular complexity index is 804. The summed E-state index contributed by atoms with van der Waals surface area (Å²) in [6.07, 6.45) is 6.00. The molecule has 134 valence electrons. The molecule has 0 unspecified atom stereocenters. The second-order valence-electron chi connectivity index (χ2n) is 5.00. The molecule has 2 amide bonds. The van der Waals surface area contributed by atoms with E-state index in [1.54, 1.807) is 48.6 Å². The number of carbonyl (C=O) groups excluding carboxylic acids is 2. The zero-order chi connectivity index (χ0) is 18.8. The molecule has 1 aromatic heterocycles. The maximum Gasteiger partial charge on any atom is 0.288 e. The third kappa shape index (κ3) is 5.48. The van der Waals surface area contributed by atoms with Crippen molar-refractivity contribution in [2.24, 2.45) is 0 Å². The molecule has 2 rings (SSSR count). The van der Waals surface area contributed by atoms with Crippen LogP contribution in [0.3, 0.4) is 0 Å². The van der Waals surface area contributed by atoms with E-state index in [2.05, 4.69) is 22.4 Å². The fourth-order valence-corrected chi connectivity index (χ4v) is 1.95. The molecule has 0 spiro atoms. The van der Waals surface area contributed by atoms with Gasteiger partial charge < -0.3 is 9.47 Å². The minimum absolute atomic E-state index is 0.205. The van der Waals surface area contributed by atoms with E-state index in [9.17, 15) is 9.59 Å². The highest BCUT2D eigenvalue weighted by Crippen LogP contribution is 2.28. The Hall–Kier alpha value is -3.61. The molecule has 0 radical (unpaired) electrons. The van der Waals surface area contributed by atoms with Crippen molar-refractivity contribution in [1.29, 1.82) is 0 Å². The summed E-state index contributed by atoms with van der Waals surface area (Å²) in [5.74, 6) is 0.132. The lowest BCUT2D eigenvalue weighted by atomic mass is 10.2. The lowest BCUT2D eigenvalue weighted by molar-refractivity contribution is -0.117. The second kappa shape index (κ2) is 9.63. The van der Waals surface area contributed by atoms with Gasteiger partial charge in [0.15, 0.2) is 11.5 Å². The number of pyridine rings is 1. The first-order valence-electron chi connectivity index (χ1n) is 7.75. The van der Waals surface area contributed by atoms with Gasteiger partial charge in [-0.3, -0.25) is 25.4 Å². The second-order valence-corrected chi connectivity index (χ2v) is 5.00. The van der Waals surface area contributed by atoms with Crippen LogP contribution in [-0.2, 0) is 4.79 Å². The van der Waals surface area contributed by atoms with Crippen LogP contribution in [0.15, 0.2) is 61.3 Å². The minimum Gasteiger partial charge on any atom is -0.493 e. The summed E-state index contributed by atoms with van der Waals surface area (Å²) in [5, 5.41) is 0. The van der Waals surface area contributed by atoms with E-state index < -0.39 is 11.8 Å². The van der Waals surface area contributed by atoms with Crippen LogP contribution in [-0.4, -0.2) is 30.5 Å². The van der Waals surface area contributed by atoms with E-state index in [1.165, 1.54) is 19.4 Å². The molecule has 1 aromatic carbocycles. The van der Waals surface area contributed by atoms with Gasteiger partial charge in [-0.1, -0.05) is 24.8 Å². The first-order valence-corrected chi connectivity index (χ1v) is 7.75. The highest BCUT2D eigenvalue weighted by atomic mass is 16.5. The SMILES string of the molecule is C=CCOc1ccc(/C=C/C(=O)NNC(=O)c2ccccn2)cc1OC. The van der Waals surface area contributed by atoms with Gasteiger partial charge in [-0.2, -0.15) is 0 Å². The molecule has 0 saturated heterocycles. The normalized spacial score (nSPS) is 10.2. The Morgan fingerprint density at radius 2 is 2.04 bits per heavy atom. The highest BCUT2D eigenvalue weighted by Gasteiger charge is 2.07. The number of nitrogens with zero attached hydrogens (tertiary/aromatic N) is 1. The lowest BCUT2D eigenvalue weighted by Gasteiger charge is -2.09. The van der Waals surface area contributed by atoms with Crippen molar-refractivity contribution in [2.45, 2.75) is 0 Å². The zero-order valence-electron chi connectivity index (χ0n) is 14.3. The van der Waals surface area contributed by atoms with Gasteiger partial charge in [-0.05, 0) is 35.9 Å². The molecule has 1 heterocycles. The first-order chi connectivity index (χ1) is 12.6. The van der Waals surface area contributed by atoms with Crippen molar-refractivity contribution >= 4 is 17.9 Å². The molecule has 0 aliphatic heterocycles. The van der Waals surface area contributed by atoms with E-state index in [1.807, 2.05) is 0 Å². The third-order valence-corrected chi connectivity index (χ3v) is 3.17. The Kier molecular flexibility index (Phi) is 6.93. The van der Waals surface area contributed by atoms with E-state index in [0.717, 1.165) is 5.56 Å². The van der Waals surface area contributed by atoms with E-state index in [-0.39, 0.29) is 5.69 Å². The van der Waals surface area contributed by atoms with Crippen LogP contribution in [0.5, 0.6) is 11.5 Å². The molecule has 7 nitrogen and oxygen atoms in total. The summed E-state index contributed by atoms with van der Waals surface area (Å²) >= 11 is 0. The molecule has 2 aromatic rings. The number of hydrogen-bond donors (Lipinski definition) is 2. The highest BCUT2D eigenvalue weighted by molar-refractivity contribution is 5.96. The van der Waals surface area contributed by atoms with Gasteiger partial charge in [0.25, 0.3) is 11.8 Å². The summed E-state index contributed by atoms with van der Waals surface area (Å²) in [6, 6.07) is 10.2.